The molecule has 0 amide bonds. The first-order valence-corrected chi connectivity index (χ1v) is 12.6. The van der Waals surface area contributed by atoms with Crippen LogP contribution >= 0.6 is 0 Å². The first-order chi connectivity index (χ1) is 13.7. The maximum Gasteiger partial charge on any atom is -0.0233 e. The third-order valence-electron chi connectivity index (χ3n) is 6.08. The number of unbranched alkanes of at least 4 members (excludes halogenated alkanes) is 3. The zero-order chi connectivity index (χ0) is 21.0. The smallest absolute Gasteiger partial charge is 0.0233 e. The van der Waals surface area contributed by atoms with E-state index in [9.17, 15) is 0 Å². The third kappa shape index (κ3) is 16.6. The van der Waals surface area contributed by atoms with Gasteiger partial charge < -0.3 is 6.15 Å². The number of hydrogen-bond donors (Lipinski definition) is 1. The minimum absolute atomic E-state index is 0. The lowest BCUT2D eigenvalue weighted by molar-refractivity contribution is 0.484. The fraction of sp³-hybridized carbons (Fsp3) is 0.786. The molecule has 0 aromatic rings. The van der Waals surface area contributed by atoms with Crippen LogP contribution in [0.3, 0.4) is 0 Å². The van der Waals surface area contributed by atoms with Gasteiger partial charge in [0.15, 0.2) is 0 Å². The molecule has 2 unspecified atom stereocenters. The minimum atomic E-state index is 0. The molecule has 0 bridgehead atoms. The molecule has 0 spiro atoms. The van der Waals surface area contributed by atoms with Crippen molar-refractivity contribution in [3.8, 4) is 0 Å². The van der Waals surface area contributed by atoms with Gasteiger partial charge in [0.1, 0.15) is 0 Å². The van der Waals surface area contributed by atoms with Crippen LogP contribution in [-0.4, -0.2) is 0 Å². The van der Waals surface area contributed by atoms with Gasteiger partial charge in [0, 0.05) is 0 Å². The van der Waals surface area contributed by atoms with Gasteiger partial charge in [0.2, 0.25) is 0 Å². The molecule has 0 saturated carbocycles. The largest absolute Gasteiger partial charge is 0.344 e. The van der Waals surface area contributed by atoms with Gasteiger partial charge in [-0.05, 0) is 96.3 Å². The Morgan fingerprint density at radius 2 is 1.76 bits per heavy atom. The molecule has 1 nitrogen and oxygen atoms in total. The maximum absolute atomic E-state index is 2.49. The summed E-state index contributed by atoms with van der Waals surface area (Å²) in [5.74, 6) is 1.60. The number of hydrogen-bond acceptors (Lipinski definition) is 1. The van der Waals surface area contributed by atoms with Crippen LogP contribution in [0.4, 0.5) is 0 Å². The van der Waals surface area contributed by atoms with Crippen LogP contribution in [0.15, 0.2) is 35.5 Å². The van der Waals surface area contributed by atoms with Crippen molar-refractivity contribution in [1.29, 1.82) is 0 Å². The first kappa shape index (κ1) is 30.4. The molecule has 0 radical (unpaired) electrons. The third-order valence-corrected chi connectivity index (χ3v) is 6.08. The van der Waals surface area contributed by atoms with E-state index < -0.39 is 0 Å². The summed E-state index contributed by atoms with van der Waals surface area (Å²) in [6, 6.07) is 0. The normalized spacial score (nSPS) is 17.9. The standard InChI is InChI=1S/C26H46.C2H6.H3N/c1-5-7-8-10-17-24(4)26(21-13-16-23(3)15-6-2)22-14-20-25-18-11-9-12-19-25;1-2;/h6,11,15,18,23,25H,5,7-10,12-14,16-17,19-22H2,1-4H3;1-2H3;1H3/b15-6-,26-24-;;. The second-order valence-electron chi connectivity index (χ2n) is 8.60. The molecular formula is C28H55N. The highest BCUT2D eigenvalue weighted by Crippen LogP contribution is 2.27. The molecule has 1 rings (SSSR count). The molecule has 172 valence electrons. The lowest BCUT2D eigenvalue weighted by Gasteiger charge is -2.18. The van der Waals surface area contributed by atoms with Crippen molar-refractivity contribution in [2.75, 3.05) is 0 Å². The van der Waals surface area contributed by atoms with Crippen molar-refractivity contribution in [3.05, 3.63) is 35.5 Å². The van der Waals surface area contributed by atoms with E-state index in [2.05, 4.69) is 52.0 Å². The van der Waals surface area contributed by atoms with Gasteiger partial charge in [0.05, 0.1) is 0 Å². The Bertz CT molecular complexity index is 430. The molecular weight excluding hydrogens is 350 g/mol. The Labute approximate surface area is 185 Å². The Balaban J connectivity index is 0. The molecule has 29 heavy (non-hydrogen) atoms. The lowest BCUT2D eigenvalue weighted by Crippen LogP contribution is -2.01. The quantitative estimate of drug-likeness (QED) is 0.226. The van der Waals surface area contributed by atoms with Crippen molar-refractivity contribution in [2.45, 2.75) is 131 Å². The van der Waals surface area contributed by atoms with Gasteiger partial charge in [0.25, 0.3) is 0 Å². The van der Waals surface area contributed by atoms with Crippen molar-refractivity contribution in [2.24, 2.45) is 11.8 Å². The van der Waals surface area contributed by atoms with Crippen molar-refractivity contribution in [1.82, 2.24) is 6.15 Å². The summed E-state index contributed by atoms with van der Waals surface area (Å²) in [7, 11) is 0. The average Bonchev–Trinajstić information content (AvgIpc) is 2.72. The van der Waals surface area contributed by atoms with Crippen LogP contribution in [0.25, 0.3) is 0 Å². The summed E-state index contributed by atoms with van der Waals surface area (Å²) in [5.41, 5.74) is 3.52. The molecule has 0 saturated heterocycles. The molecule has 1 heteroatoms. The van der Waals surface area contributed by atoms with Crippen molar-refractivity contribution < 1.29 is 0 Å². The van der Waals surface area contributed by atoms with E-state index in [1.165, 1.54) is 89.9 Å². The second kappa shape index (κ2) is 21.9. The van der Waals surface area contributed by atoms with Crippen LogP contribution in [0.5, 0.6) is 0 Å². The number of rotatable bonds is 14. The van der Waals surface area contributed by atoms with E-state index in [0.717, 1.165) is 11.8 Å². The highest BCUT2D eigenvalue weighted by molar-refractivity contribution is 5.12. The van der Waals surface area contributed by atoms with E-state index >= 15 is 0 Å². The number of allylic oxidation sites excluding steroid dienone is 6. The molecule has 2 atom stereocenters. The lowest BCUT2D eigenvalue weighted by atomic mass is 9.88. The zero-order valence-corrected chi connectivity index (χ0v) is 21.1. The van der Waals surface area contributed by atoms with E-state index in [1.54, 1.807) is 11.1 Å². The van der Waals surface area contributed by atoms with Crippen LogP contribution in [0, 0.1) is 11.8 Å². The predicted molar refractivity (Wildman–Crippen MR) is 136 cm³/mol. The molecule has 0 aliphatic heterocycles. The van der Waals surface area contributed by atoms with E-state index in [0.29, 0.717) is 0 Å². The van der Waals surface area contributed by atoms with Crippen molar-refractivity contribution in [3.63, 3.8) is 0 Å². The summed E-state index contributed by atoms with van der Waals surface area (Å²) >= 11 is 0. The minimum Gasteiger partial charge on any atom is -0.344 e. The van der Waals surface area contributed by atoms with Crippen LogP contribution in [0.1, 0.15) is 131 Å². The van der Waals surface area contributed by atoms with Crippen molar-refractivity contribution >= 4 is 0 Å². The monoisotopic (exact) mass is 405 g/mol. The highest BCUT2D eigenvalue weighted by Gasteiger charge is 2.10. The second-order valence-corrected chi connectivity index (χ2v) is 8.60. The van der Waals surface area contributed by atoms with Gasteiger partial charge >= 0.3 is 0 Å². The Morgan fingerprint density at radius 3 is 2.38 bits per heavy atom. The molecule has 0 aromatic carbocycles. The molecule has 0 fully saturated rings. The summed E-state index contributed by atoms with van der Waals surface area (Å²) in [5, 5.41) is 0. The Morgan fingerprint density at radius 1 is 1.03 bits per heavy atom. The molecule has 1 aliphatic carbocycles. The SMILES string of the molecule is C/C=C\C(C)CCC/C(CCCC1C=CCCC1)=C(\C)CCCCCC.CC.N. The van der Waals surface area contributed by atoms with Gasteiger partial charge in [-0.15, -0.1) is 0 Å². The summed E-state index contributed by atoms with van der Waals surface area (Å²) in [4.78, 5) is 0. The fourth-order valence-corrected chi connectivity index (χ4v) is 4.31. The van der Waals surface area contributed by atoms with E-state index in [4.69, 9.17) is 0 Å². The van der Waals surface area contributed by atoms with E-state index in [-0.39, 0.29) is 6.15 Å². The first-order valence-electron chi connectivity index (χ1n) is 12.6. The van der Waals surface area contributed by atoms with E-state index in [1.807, 2.05) is 13.8 Å². The predicted octanol–water partition coefficient (Wildman–Crippen LogP) is 10.4. The summed E-state index contributed by atoms with van der Waals surface area (Å²) in [6.07, 6.45) is 28.6. The van der Waals surface area contributed by atoms with Gasteiger partial charge in [-0.3, -0.25) is 0 Å². The zero-order valence-electron chi connectivity index (χ0n) is 21.1. The molecule has 3 N–H and O–H groups in total. The van der Waals surface area contributed by atoms with Gasteiger partial charge in [-0.25, -0.2) is 0 Å². The van der Waals surface area contributed by atoms with Gasteiger partial charge in [-0.2, -0.15) is 0 Å². The fourth-order valence-electron chi connectivity index (χ4n) is 4.31. The van der Waals surface area contributed by atoms with Crippen LogP contribution in [0.2, 0.25) is 0 Å². The Hall–Kier alpha value is -0.820. The van der Waals surface area contributed by atoms with Gasteiger partial charge in [-0.1, -0.05) is 82.4 Å². The van der Waals surface area contributed by atoms with Crippen LogP contribution < -0.4 is 6.15 Å². The molecule has 0 aromatic heterocycles. The molecule has 1 aliphatic rings. The molecule has 0 heterocycles. The highest BCUT2D eigenvalue weighted by atomic mass is 14.2. The topological polar surface area (TPSA) is 35.0 Å². The average molecular weight is 406 g/mol. The maximum atomic E-state index is 2.49. The Kier molecular flexibility index (Phi) is 22.9. The summed E-state index contributed by atoms with van der Waals surface area (Å²) in [6.45, 7) is 13.2. The summed E-state index contributed by atoms with van der Waals surface area (Å²) < 4.78 is 0. The van der Waals surface area contributed by atoms with Crippen LogP contribution in [-0.2, 0) is 0 Å².